The minimum Gasteiger partial charge on any atom is -0.481 e. The summed E-state index contributed by atoms with van der Waals surface area (Å²) in [5, 5.41) is 20.2. The Morgan fingerprint density at radius 3 is 2.50 bits per heavy atom. The summed E-state index contributed by atoms with van der Waals surface area (Å²) >= 11 is 0. The van der Waals surface area contributed by atoms with E-state index in [0.717, 1.165) is 4.90 Å². The number of carbonyl (C=O) groups is 3. The number of fused-ring (bicyclic) bond motifs is 1. The summed E-state index contributed by atoms with van der Waals surface area (Å²) in [5.74, 6) is -3.71. The Hall–Kier alpha value is -4.75. The predicted molar refractivity (Wildman–Crippen MR) is 121 cm³/mol. The van der Waals surface area contributed by atoms with Crippen LogP contribution in [0.2, 0.25) is 0 Å². The molecule has 0 aliphatic carbocycles. The van der Waals surface area contributed by atoms with Crippen molar-refractivity contribution in [3.63, 3.8) is 0 Å². The van der Waals surface area contributed by atoms with Gasteiger partial charge in [-0.2, -0.15) is 9.97 Å². The van der Waals surface area contributed by atoms with Crippen molar-refractivity contribution in [1.29, 1.82) is 0 Å². The topological polar surface area (TPSA) is 231 Å². The van der Waals surface area contributed by atoms with Crippen LogP contribution in [0.4, 0.5) is 17.5 Å². The average molecular weight is 474 g/mol. The number of aliphatic carboxylic acids is 2. The highest BCUT2D eigenvalue weighted by atomic mass is 16.4. The van der Waals surface area contributed by atoms with Crippen LogP contribution in [-0.4, -0.2) is 61.0 Å². The standard InChI is InChI=1S/C20H22N8O6/c1-28(8-12-18(32)26-16-14(23-12)15(21)25-20(22)27-16)10-4-2-9(3-5-10)17(31)24-11(19(33)34)6-7-13(29)30/h2-5,11H,6-8H2,1H3,(H,24,31)(H,29,30)(H,33,34)(H5,21,22,25,26,27,32)/t11-/m0/s1/i1+1D3. The van der Waals surface area contributed by atoms with E-state index < -0.39 is 49.4 Å². The molecule has 0 bridgehead atoms. The number of hydrogen-bond acceptors (Lipinski definition) is 10. The lowest BCUT2D eigenvalue weighted by atomic mass is 10.1. The lowest BCUT2D eigenvalue weighted by Crippen LogP contribution is -2.41. The van der Waals surface area contributed by atoms with Crippen LogP contribution >= 0.6 is 0 Å². The maximum Gasteiger partial charge on any atom is 0.326 e. The van der Waals surface area contributed by atoms with Crippen molar-refractivity contribution in [1.82, 2.24) is 25.3 Å². The van der Waals surface area contributed by atoms with Crippen molar-refractivity contribution in [3.05, 3.63) is 45.9 Å². The van der Waals surface area contributed by atoms with Gasteiger partial charge in [-0.1, -0.05) is 0 Å². The molecule has 0 unspecified atom stereocenters. The first-order valence-corrected chi connectivity index (χ1v) is 9.71. The number of carboxylic acid groups (broad SMARTS) is 2. The molecule has 14 heteroatoms. The second-order valence-corrected chi connectivity index (χ2v) is 7.11. The number of H-pyrrole nitrogens is 1. The van der Waals surface area contributed by atoms with Crippen LogP contribution in [0.25, 0.3) is 11.2 Å². The van der Waals surface area contributed by atoms with Gasteiger partial charge in [0.05, 0.1) is 6.54 Å². The van der Waals surface area contributed by atoms with Gasteiger partial charge in [0.25, 0.3) is 11.5 Å². The van der Waals surface area contributed by atoms with Crippen LogP contribution in [0.15, 0.2) is 29.1 Å². The molecule has 2 aromatic heterocycles. The summed E-state index contributed by atoms with van der Waals surface area (Å²) in [4.78, 5) is 62.1. The smallest absolute Gasteiger partial charge is 0.326 e. The number of rotatable bonds is 9. The minimum absolute atomic E-state index is 0.00000488. The third kappa shape index (κ3) is 5.53. The van der Waals surface area contributed by atoms with Gasteiger partial charge >= 0.3 is 11.9 Å². The molecule has 1 atom stereocenters. The molecule has 0 saturated carbocycles. The van der Waals surface area contributed by atoms with Gasteiger partial charge in [0.2, 0.25) is 5.95 Å². The quantitative estimate of drug-likeness (QED) is 0.217. The van der Waals surface area contributed by atoms with Gasteiger partial charge in [-0.05, 0) is 30.7 Å². The summed E-state index contributed by atoms with van der Waals surface area (Å²) in [6.45, 7) is -3.21. The van der Waals surface area contributed by atoms with Crippen LogP contribution < -0.4 is 27.2 Å². The van der Waals surface area contributed by atoms with E-state index in [2.05, 4.69) is 25.3 Å². The zero-order valence-corrected chi connectivity index (χ0v) is 17.5. The zero-order valence-electron chi connectivity index (χ0n) is 20.5. The maximum absolute atomic E-state index is 12.5. The number of amides is 1. The summed E-state index contributed by atoms with van der Waals surface area (Å²) in [7, 11) is 0. The van der Waals surface area contributed by atoms with Crippen molar-refractivity contribution in [2.75, 3.05) is 23.3 Å². The molecule has 3 rings (SSSR count). The molecule has 2 heterocycles. The molecule has 1 amide bonds. The maximum atomic E-state index is 12.5. The van der Waals surface area contributed by atoms with E-state index in [4.69, 9.17) is 20.7 Å². The Bertz CT molecular complexity index is 1410. The number of carboxylic acids is 2. The number of anilines is 3. The van der Waals surface area contributed by atoms with E-state index in [-0.39, 0.29) is 46.3 Å². The fourth-order valence-corrected chi connectivity index (χ4v) is 2.96. The largest absolute Gasteiger partial charge is 0.481 e. The van der Waals surface area contributed by atoms with E-state index in [1.807, 2.05) is 0 Å². The molecule has 8 N–H and O–H groups in total. The lowest BCUT2D eigenvalue weighted by molar-refractivity contribution is -0.140. The summed E-state index contributed by atoms with van der Waals surface area (Å²) in [6, 6.07) is 3.67. The second kappa shape index (κ2) is 9.81. The molecule has 14 nitrogen and oxygen atoms in total. The van der Waals surface area contributed by atoms with Gasteiger partial charge in [0, 0.05) is 28.8 Å². The van der Waals surface area contributed by atoms with E-state index in [1.54, 1.807) is 0 Å². The molecule has 34 heavy (non-hydrogen) atoms. The van der Waals surface area contributed by atoms with Crippen molar-refractivity contribution in [3.8, 4) is 0 Å². The third-order valence-corrected chi connectivity index (χ3v) is 4.67. The van der Waals surface area contributed by atoms with Gasteiger partial charge in [-0.15, -0.1) is 0 Å². The molecule has 178 valence electrons. The zero-order chi connectivity index (χ0) is 27.5. The van der Waals surface area contributed by atoms with Crippen molar-refractivity contribution in [2.45, 2.75) is 25.4 Å². The Labute approximate surface area is 195 Å². The Morgan fingerprint density at radius 1 is 1.18 bits per heavy atom. The highest BCUT2D eigenvalue weighted by Crippen LogP contribution is 2.17. The highest BCUT2D eigenvalue weighted by molar-refractivity contribution is 5.97. The first kappa shape index (κ1) is 19.9. The molecule has 3 aromatic rings. The number of hydrogen-bond donors (Lipinski definition) is 6. The normalized spacial score (nSPS) is 13.4. The lowest BCUT2D eigenvalue weighted by Gasteiger charge is -2.19. The molecule has 1 aromatic carbocycles. The number of benzene rings is 1. The van der Waals surface area contributed by atoms with Gasteiger partial charge in [-0.25, -0.2) is 9.78 Å². The van der Waals surface area contributed by atoms with Crippen molar-refractivity contribution in [2.24, 2.45) is 0 Å². The summed E-state index contributed by atoms with van der Waals surface area (Å²) in [6.07, 6.45) is -0.784. The molecule has 0 radical (unpaired) electrons. The fraction of sp³-hybridized carbons (Fsp3) is 0.250. The number of nitrogens with two attached hydrogens (primary N) is 2. The first-order chi connectivity index (χ1) is 17.3. The summed E-state index contributed by atoms with van der Waals surface area (Å²) in [5.41, 5.74) is 10.5. The Morgan fingerprint density at radius 2 is 1.88 bits per heavy atom. The van der Waals surface area contributed by atoms with Gasteiger partial charge in [0.15, 0.2) is 11.5 Å². The SMILES string of the molecule is [2H][13C]([2H])([2H])N(Cc1nc2c(N)nc(N)nc2[nH]c1=O)c1ccc(C(=O)N[C@@H](CCC(=O)O)C(=O)O)cc1. The molecule has 0 saturated heterocycles. The molecule has 0 aliphatic heterocycles. The Kier molecular flexibility index (Phi) is 5.74. The van der Waals surface area contributed by atoms with Crippen LogP contribution in [0.3, 0.4) is 0 Å². The van der Waals surface area contributed by atoms with Gasteiger partial charge in [0.1, 0.15) is 17.3 Å². The van der Waals surface area contributed by atoms with E-state index in [1.165, 1.54) is 24.3 Å². The van der Waals surface area contributed by atoms with Crippen LogP contribution in [0.1, 0.15) is 33.0 Å². The minimum atomic E-state index is -2.73. The molecule has 0 fully saturated rings. The van der Waals surface area contributed by atoms with Crippen LogP contribution in [0, 0.1) is 0 Å². The number of aromatic amines is 1. The molecule has 0 aliphatic rings. The molecular formula is C20H22N8O6. The van der Waals surface area contributed by atoms with E-state index >= 15 is 0 Å². The van der Waals surface area contributed by atoms with E-state index in [9.17, 15) is 24.3 Å². The van der Waals surface area contributed by atoms with Crippen LogP contribution in [0.5, 0.6) is 0 Å². The van der Waals surface area contributed by atoms with E-state index in [0.29, 0.717) is 0 Å². The summed E-state index contributed by atoms with van der Waals surface area (Å²) < 4.78 is 23.7. The number of carbonyl (C=O) groups excluding carboxylic acids is 1. The number of nitrogens with zero attached hydrogens (tertiary/aromatic N) is 4. The Balaban J connectivity index is 1.86. The predicted octanol–water partition coefficient (Wildman–Crippen LogP) is -0.438. The molecule has 0 spiro atoms. The fourth-order valence-electron chi connectivity index (χ4n) is 2.96. The second-order valence-electron chi connectivity index (χ2n) is 7.11. The van der Waals surface area contributed by atoms with Crippen molar-refractivity contribution < 1.29 is 28.7 Å². The number of nitrogens with one attached hydrogen (secondary N) is 2. The monoisotopic (exact) mass is 474 g/mol. The first-order valence-electron chi connectivity index (χ1n) is 11.2. The average Bonchev–Trinajstić information content (AvgIpc) is 2.79. The van der Waals surface area contributed by atoms with Crippen molar-refractivity contribution >= 4 is 46.5 Å². The van der Waals surface area contributed by atoms with Crippen LogP contribution in [-0.2, 0) is 16.1 Å². The number of nitrogen functional groups attached to an aromatic ring is 2. The third-order valence-electron chi connectivity index (χ3n) is 4.67. The molecular weight excluding hydrogens is 449 g/mol. The highest BCUT2D eigenvalue weighted by Gasteiger charge is 2.22. The van der Waals surface area contributed by atoms with Gasteiger partial charge in [-0.3, -0.25) is 14.4 Å². The number of aromatic nitrogens is 4. The van der Waals surface area contributed by atoms with Gasteiger partial charge < -0.3 is 36.9 Å².